The number of rotatable bonds is 21. The molecule has 5 N–H and O–H groups in total. The van der Waals surface area contributed by atoms with Crippen molar-refractivity contribution < 1.29 is 388 Å². The van der Waals surface area contributed by atoms with Gasteiger partial charge in [-0.2, -0.15) is 62.5 Å². The summed E-state index contributed by atoms with van der Waals surface area (Å²) in [6, 6.07) is 76.2. The normalized spacial score (nSPS) is 9.91. The number of aliphatic hydroxyl groups is 1. The van der Waals surface area contributed by atoms with Gasteiger partial charge in [0, 0.05) is 359 Å². The maximum absolute atomic E-state index is 12.3. The zero-order chi connectivity index (χ0) is 89.4. The van der Waals surface area contributed by atoms with E-state index >= 15 is 0 Å². The summed E-state index contributed by atoms with van der Waals surface area (Å²) < 4.78 is 171. The van der Waals surface area contributed by atoms with E-state index in [-0.39, 0.29) is 389 Å². The average Bonchev–Trinajstić information content (AvgIpc) is 1.59. The van der Waals surface area contributed by atoms with Gasteiger partial charge in [0.1, 0.15) is 28.7 Å². The minimum atomic E-state index is -4.19. The Morgan fingerprint density at radius 2 is 0.583 bits per heavy atom. The van der Waals surface area contributed by atoms with Crippen molar-refractivity contribution in [1.82, 2.24) is 9.78 Å². The second kappa shape index (κ2) is 87.9. The van der Waals surface area contributed by atoms with E-state index in [1.165, 1.54) is 53.2 Å². The van der Waals surface area contributed by atoms with Crippen molar-refractivity contribution in [1.29, 1.82) is 0 Å². The monoisotopic (exact) mass is 2690 g/mol. The molecule has 0 saturated heterocycles. The Bertz CT molecular complexity index is 6120. The third kappa shape index (κ3) is 59.9. The number of nitrogens with zero attached hydrogens (tertiary/aromatic N) is 10. The molecule has 0 spiro atoms. The summed E-state index contributed by atoms with van der Waals surface area (Å²) >= 11 is 0. The number of hydrogen-bond acceptors (Lipinski definition) is 26. The molecule has 13 rings (SSSR count). The van der Waals surface area contributed by atoms with Crippen molar-refractivity contribution in [3.63, 3.8) is 0 Å². The van der Waals surface area contributed by atoms with Crippen molar-refractivity contribution in [2.75, 3.05) is 56.9 Å². The number of benzene rings is 12. The molecule has 0 aliphatic rings. The number of azo groups is 4. The minimum absolute atomic E-state index is 0. The van der Waals surface area contributed by atoms with Gasteiger partial charge in [-0.05, 0) is 129 Å². The van der Waals surface area contributed by atoms with E-state index in [0.717, 1.165) is 74.4 Å². The quantitative estimate of drug-likeness (QED) is 0.0147. The van der Waals surface area contributed by atoms with Crippen LogP contribution < -0.4 is 0 Å². The van der Waals surface area contributed by atoms with E-state index in [1.807, 2.05) is 179 Å². The van der Waals surface area contributed by atoms with Crippen LogP contribution in [0.1, 0.15) is 66.1 Å². The maximum atomic E-state index is 12.3. The van der Waals surface area contributed by atoms with Gasteiger partial charge in [0.15, 0.2) is 5.69 Å². The van der Waals surface area contributed by atoms with Crippen LogP contribution in [-0.4, -0.2) is 138 Å². The Labute approximate surface area is 1050 Å². The van der Waals surface area contributed by atoms with E-state index in [4.69, 9.17) is 18.4 Å². The zero-order valence-electron chi connectivity index (χ0n) is 82.3. The van der Waals surface area contributed by atoms with Crippen LogP contribution in [0.25, 0.3) is 48.8 Å². The van der Waals surface area contributed by atoms with Crippen LogP contribution in [-0.2, 0) is 398 Å². The molecule has 12 aromatic carbocycles. The van der Waals surface area contributed by atoms with Crippen molar-refractivity contribution in [2.24, 2.45) is 40.9 Å². The second-order valence-electron chi connectivity index (χ2n) is 24.5. The van der Waals surface area contributed by atoms with E-state index < -0.39 is 86.2 Å². The van der Waals surface area contributed by atoms with Crippen LogP contribution in [0, 0.1) is 66.8 Å². The largest absolute Gasteiger partial charge is 0.464 e. The first kappa shape index (κ1) is 168. The van der Waals surface area contributed by atoms with Crippen molar-refractivity contribution in [3.05, 3.63) is 361 Å². The standard InChI is InChI=1S/C21H16N2O3S.C20H20N4O9S2.2C17H14N2O3S.3C2H6O.2C2H6.9CH3.9Y/c24-27(25,26)14-16-12-13-21(19-10-4-3-8-17(16)19)23-22-20-11-5-7-15-6-1-2-9-18(15)20;1-32-20(26)19-18(22-21-14-5-3-13(4-6-14)12-34(27,28)29)17(11-25)24(23-19)15-7-9-16(10-8-15)35(30,31)33-2;2*20-23(21,22)12-13-8-10-15(11-9-13)18-19-17-7-3-5-14-4-1-2-6-16(14)17;3*1-3-2;2*1-2;;;;;;;;;;;;;;;;;;/h1-13H,14H2,(H,24,25,26);3-10,25H,11-12H2,1-2H3,(H,27,28,29);2*1-11H,12H2,(H,20,21,22);3*1-2H3;2*1-2H3;9*1H3;;;;;;;;;/q;;;;;;;;;9*-1;;;;;;;;;. The average molecular weight is 2690 g/mol. The van der Waals surface area contributed by atoms with Crippen LogP contribution in [0.3, 0.4) is 0 Å². The number of carbonyl (C=O) groups excluding carboxylic acids is 1. The molecular formula is C94H121N10O21S5Y9-9. The molecule has 9 radical (unpaired) electrons. The smallest absolute Gasteiger partial charge is 0.360 e. The molecule has 0 atom stereocenters. The van der Waals surface area contributed by atoms with Gasteiger partial charge in [-0.1, -0.05) is 204 Å². The first-order valence-corrected chi connectivity index (χ1v) is 44.2. The molecule has 0 aliphatic carbocycles. The molecule has 139 heavy (non-hydrogen) atoms. The number of esters is 1. The predicted octanol–water partition coefficient (Wildman–Crippen LogP) is 24.2. The van der Waals surface area contributed by atoms with Gasteiger partial charge in [0.25, 0.3) is 50.6 Å². The Balaban J connectivity index is -0.000000116. The predicted molar refractivity (Wildman–Crippen MR) is 527 cm³/mol. The molecule has 0 amide bonds. The van der Waals surface area contributed by atoms with Gasteiger partial charge in [0.2, 0.25) is 0 Å². The summed E-state index contributed by atoms with van der Waals surface area (Å²) in [5.74, 6) is -2.67. The van der Waals surface area contributed by atoms with E-state index in [0.29, 0.717) is 45.0 Å². The molecule has 0 saturated carbocycles. The summed E-state index contributed by atoms with van der Waals surface area (Å²) in [5, 5.41) is 55.7. The summed E-state index contributed by atoms with van der Waals surface area (Å²) in [7, 11) is -8.36. The van der Waals surface area contributed by atoms with E-state index in [1.54, 1.807) is 103 Å². The molecule has 13 aromatic rings. The van der Waals surface area contributed by atoms with Gasteiger partial charge in [-0.3, -0.25) is 22.4 Å². The SMILES string of the molecule is CC.CC.COC.COC.COC.COC(=O)c1nn(-c2ccc(S(=O)(=O)OC)cc2)c(CO)c1N=Nc1ccc(CS(=O)(=O)O)cc1.O=S(=O)(O)Cc1ccc(N=Nc2cccc3ccccc23)c2ccccc12.O=S(=O)(O)Cc1ccc(N=Nc2cccc3ccccc23)cc1.O=S(=O)(O)Cc1ccc(N=Nc2cccc3ccccc23)cc1.[CH3-].[CH3-].[CH3-].[CH3-].[CH3-].[CH3-].[CH3-].[CH3-].[CH3-].[Y].[Y].[Y].[Y].[Y].[Y].[Y].[Y].[Y]. The van der Waals surface area contributed by atoms with Crippen molar-refractivity contribution in [2.45, 2.75) is 62.2 Å². The Morgan fingerprint density at radius 1 is 0.317 bits per heavy atom. The molecule has 1 aromatic heterocycles. The second-order valence-corrected chi connectivity index (χ2v) is 32.1. The zero-order valence-corrected chi connectivity index (χ0v) is 112. The van der Waals surface area contributed by atoms with Crippen LogP contribution in [0.5, 0.6) is 0 Å². The molecule has 0 unspecified atom stereocenters. The Morgan fingerprint density at radius 3 is 0.871 bits per heavy atom. The minimum Gasteiger partial charge on any atom is -0.464 e. The first-order chi connectivity index (χ1) is 57.8. The Hall–Kier alpha value is -1.91. The fraction of sp³-hybridized carbons (Fsp3) is 0.181. The van der Waals surface area contributed by atoms with Gasteiger partial charge in [-0.25, -0.2) is 9.48 Å². The number of carbonyl (C=O) groups is 1. The number of aromatic nitrogens is 2. The maximum Gasteiger partial charge on any atom is 0.360 e. The summed E-state index contributed by atoms with van der Waals surface area (Å²) in [4.78, 5) is 12.2. The topological polar surface area (TPSA) is 452 Å². The fourth-order valence-corrected chi connectivity index (χ4v) is 13.8. The molecule has 0 bridgehead atoms. The van der Waals surface area contributed by atoms with Gasteiger partial charge < -0.3 is 90.9 Å². The molecule has 0 aliphatic heterocycles. The molecule has 45 heteroatoms. The van der Waals surface area contributed by atoms with E-state index in [9.17, 15) is 56.5 Å². The number of aliphatic hydroxyl groups excluding tert-OH is 1. The molecule has 1 heterocycles. The third-order valence-corrected chi connectivity index (χ3v) is 19.7. The summed E-state index contributed by atoms with van der Waals surface area (Å²) in [6.07, 6.45) is 0. The number of ether oxygens (including phenoxy) is 4. The fourth-order valence-electron chi connectivity index (χ4n) is 10.7. The number of fused-ring (bicyclic) bond motifs is 4. The van der Waals surface area contributed by atoms with E-state index in [2.05, 4.69) is 64.4 Å². The van der Waals surface area contributed by atoms with Gasteiger partial charge >= 0.3 is 5.97 Å². The summed E-state index contributed by atoms with van der Waals surface area (Å²) in [6.45, 7) is 7.39. The van der Waals surface area contributed by atoms with Crippen LogP contribution in [0.4, 0.5) is 45.5 Å². The molecule has 0 fully saturated rings. The number of methoxy groups -OCH3 is 4. The third-order valence-electron chi connectivity index (χ3n) is 15.6. The van der Waals surface area contributed by atoms with Crippen LogP contribution in [0.2, 0.25) is 0 Å². The summed E-state index contributed by atoms with van der Waals surface area (Å²) in [5.41, 5.74) is 6.32. The van der Waals surface area contributed by atoms with Gasteiger partial charge in [0.05, 0.1) is 76.9 Å². The van der Waals surface area contributed by atoms with Gasteiger partial charge in [-0.15, -0.1) is 25.6 Å². The molecular weight excluding hydrogens is 2570 g/mol. The van der Waals surface area contributed by atoms with Crippen LogP contribution >= 0.6 is 0 Å². The van der Waals surface area contributed by atoms with Crippen molar-refractivity contribution in [3.8, 4) is 5.69 Å². The number of hydrogen-bond donors (Lipinski definition) is 5. The first-order valence-electron chi connectivity index (χ1n) is 36.4. The molecule has 739 valence electrons. The molecule has 31 nitrogen and oxygen atoms in total. The Kier molecular flexibility index (Phi) is 106. The van der Waals surface area contributed by atoms with Crippen LogP contribution in [0.15, 0.2) is 307 Å². The van der Waals surface area contributed by atoms with Crippen molar-refractivity contribution >= 4 is 145 Å².